The summed E-state index contributed by atoms with van der Waals surface area (Å²) >= 11 is 0. The quantitative estimate of drug-likeness (QED) is 0.506. The predicted molar refractivity (Wildman–Crippen MR) is 119 cm³/mol. The van der Waals surface area contributed by atoms with Gasteiger partial charge in [0.2, 0.25) is 0 Å². The zero-order chi connectivity index (χ0) is 20.9. The monoisotopic (exact) mass is 412 g/mol. The van der Waals surface area contributed by atoms with E-state index in [2.05, 4.69) is 4.90 Å². The summed E-state index contributed by atoms with van der Waals surface area (Å²) in [7, 11) is 0. The van der Waals surface area contributed by atoms with Gasteiger partial charge in [0.05, 0.1) is 11.3 Å². The van der Waals surface area contributed by atoms with Crippen LogP contribution in [0.1, 0.15) is 44.7 Å². The third-order valence-electron chi connectivity index (χ3n) is 6.81. The zero-order valence-corrected chi connectivity index (χ0v) is 17.4. The van der Waals surface area contributed by atoms with Gasteiger partial charge in [-0.05, 0) is 61.1 Å². The highest BCUT2D eigenvalue weighted by Crippen LogP contribution is 2.40. The average Bonchev–Trinajstić information content (AvgIpc) is 3.42. The summed E-state index contributed by atoms with van der Waals surface area (Å²) < 4.78 is 1.73. The van der Waals surface area contributed by atoms with Crippen LogP contribution >= 0.6 is 0 Å². The van der Waals surface area contributed by atoms with Gasteiger partial charge in [0, 0.05) is 37.9 Å². The van der Waals surface area contributed by atoms with Crippen LogP contribution in [0.2, 0.25) is 0 Å². The number of fused-ring (bicyclic) bond motifs is 5. The predicted octanol–water partition coefficient (Wildman–Crippen LogP) is 3.39. The highest BCUT2D eigenvalue weighted by Gasteiger charge is 2.35. The van der Waals surface area contributed by atoms with E-state index in [4.69, 9.17) is 4.98 Å². The first kappa shape index (κ1) is 18.4. The molecule has 0 unspecified atom stereocenters. The van der Waals surface area contributed by atoms with Gasteiger partial charge >= 0.3 is 0 Å². The summed E-state index contributed by atoms with van der Waals surface area (Å²) in [6, 6.07) is 13.4. The van der Waals surface area contributed by atoms with Gasteiger partial charge in [-0.3, -0.25) is 14.2 Å². The molecule has 1 amide bonds. The normalized spacial score (nSPS) is 17.4. The van der Waals surface area contributed by atoms with E-state index in [1.807, 2.05) is 53.6 Å². The van der Waals surface area contributed by atoms with E-state index in [9.17, 15) is 9.59 Å². The van der Waals surface area contributed by atoms with Crippen molar-refractivity contribution in [3.63, 3.8) is 0 Å². The van der Waals surface area contributed by atoms with Crippen LogP contribution in [-0.2, 0) is 12.8 Å². The number of benzene rings is 1. The second kappa shape index (κ2) is 7.08. The van der Waals surface area contributed by atoms with E-state index < -0.39 is 0 Å². The molecule has 0 bridgehead atoms. The van der Waals surface area contributed by atoms with Crippen LogP contribution in [-0.4, -0.2) is 52.4 Å². The van der Waals surface area contributed by atoms with E-state index in [1.165, 1.54) is 11.1 Å². The van der Waals surface area contributed by atoms with Crippen molar-refractivity contribution < 1.29 is 9.59 Å². The van der Waals surface area contributed by atoms with Gasteiger partial charge < -0.3 is 9.80 Å². The number of nitrogens with zero attached hydrogens (tertiary/aromatic N) is 4. The molecule has 31 heavy (non-hydrogen) atoms. The fraction of sp³-hybridized carbons (Fsp3) is 0.320. The number of carbonyl (C=O) groups excluding carboxylic acids is 2. The van der Waals surface area contributed by atoms with Crippen LogP contribution in [0.3, 0.4) is 0 Å². The number of pyridine rings is 1. The Morgan fingerprint density at radius 1 is 0.871 bits per heavy atom. The number of carbonyl (C=O) groups is 2. The molecule has 6 rings (SSSR count). The fourth-order valence-corrected chi connectivity index (χ4v) is 5.23. The highest BCUT2D eigenvalue weighted by atomic mass is 16.2. The van der Waals surface area contributed by atoms with Crippen molar-refractivity contribution in [1.82, 2.24) is 14.5 Å². The van der Waals surface area contributed by atoms with E-state index in [-0.39, 0.29) is 11.8 Å². The van der Waals surface area contributed by atoms with Crippen molar-refractivity contribution in [2.75, 3.05) is 31.1 Å². The average molecular weight is 412 g/mol. The maximum atomic E-state index is 13.0. The van der Waals surface area contributed by atoms with E-state index in [0.29, 0.717) is 13.1 Å². The van der Waals surface area contributed by atoms with Crippen LogP contribution in [0.15, 0.2) is 48.7 Å². The summed E-state index contributed by atoms with van der Waals surface area (Å²) in [5.41, 5.74) is 5.71. The first-order valence-electron chi connectivity index (χ1n) is 11.1. The Morgan fingerprint density at radius 3 is 2.39 bits per heavy atom. The molecule has 2 aliphatic heterocycles. The Bertz CT molecular complexity index is 1190. The Morgan fingerprint density at radius 2 is 1.61 bits per heavy atom. The Kier molecular flexibility index (Phi) is 4.19. The van der Waals surface area contributed by atoms with Gasteiger partial charge in [-0.2, -0.15) is 0 Å². The van der Waals surface area contributed by atoms with Gasteiger partial charge in [-0.15, -0.1) is 0 Å². The van der Waals surface area contributed by atoms with Crippen molar-refractivity contribution >= 4 is 17.6 Å². The van der Waals surface area contributed by atoms with Gasteiger partial charge in [0.25, 0.3) is 11.8 Å². The number of hydrogen-bond donors (Lipinski definition) is 0. The summed E-state index contributed by atoms with van der Waals surface area (Å²) in [6.07, 6.45) is 5.99. The van der Waals surface area contributed by atoms with Crippen LogP contribution in [0.25, 0.3) is 11.4 Å². The van der Waals surface area contributed by atoms with Crippen LogP contribution < -0.4 is 4.90 Å². The number of rotatable bonds is 2. The van der Waals surface area contributed by atoms with Gasteiger partial charge in [0.1, 0.15) is 11.5 Å². The lowest BCUT2D eigenvalue weighted by atomic mass is 9.87. The molecule has 0 N–H and O–H groups in total. The number of anilines is 1. The van der Waals surface area contributed by atoms with Crippen molar-refractivity contribution in [2.24, 2.45) is 0 Å². The SMILES string of the molecule is O=C(c1ccccc1)N1CCN(c2nc3c(c4c2CCCC4)C(=O)n2cccc2-3)CC1. The Balaban J connectivity index is 1.32. The molecule has 0 spiro atoms. The summed E-state index contributed by atoms with van der Waals surface area (Å²) in [5.74, 6) is 1.17. The van der Waals surface area contributed by atoms with E-state index in [0.717, 1.165) is 67.1 Å². The van der Waals surface area contributed by atoms with Gasteiger partial charge in [0.15, 0.2) is 0 Å². The lowest BCUT2D eigenvalue weighted by molar-refractivity contribution is 0.0746. The molecule has 1 aromatic carbocycles. The molecular weight excluding hydrogens is 388 g/mol. The number of piperazine rings is 1. The summed E-state index contributed by atoms with van der Waals surface area (Å²) in [5, 5.41) is 0. The first-order chi connectivity index (χ1) is 15.2. The van der Waals surface area contributed by atoms with Gasteiger partial charge in [-0.1, -0.05) is 18.2 Å². The molecule has 4 heterocycles. The molecule has 1 aliphatic carbocycles. The minimum atomic E-state index is 0.0606. The van der Waals surface area contributed by atoms with Gasteiger partial charge in [-0.25, -0.2) is 4.98 Å². The molecule has 0 atom stereocenters. The van der Waals surface area contributed by atoms with Crippen molar-refractivity contribution in [2.45, 2.75) is 25.7 Å². The maximum absolute atomic E-state index is 13.0. The molecule has 0 radical (unpaired) electrons. The number of hydrogen-bond acceptors (Lipinski definition) is 4. The van der Waals surface area contributed by atoms with E-state index >= 15 is 0 Å². The molecule has 2 aromatic heterocycles. The first-order valence-corrected chi connectivity index (χ1v) is 11.1. The van der Waals surface area contributed by atoms with Crippen LogP contribution in [0, 0.1) is 0 Å². The minimum absolute atomic E-state index is 0.0606. The minimum Gasteiger partial charge on any atom is -0.353 e. The molecule has 156 valence electrons. The number of amides is 1. The van der Waals surface area contributed by atoms with Crippen molar-refractivity contribution in [1.29, 1.82) is 0 Å². The smallest absolute Gasteiger partial charge is 0.264 e. The fourth-order valence-electron chi connectivity index (χ4n) is 5.23. The summed E-state index contributed by atoms with van der Waals surface area (Å²) in [4.78, 5) is 35.2. The van der Waals surface area contributed by atoms with Crippen molar-refractivity contribution in [3.05, 3.63) is 70.9 Å². The Hall–Kier alpha value is -3.41. The topological polar surface area (TPSA) is 58.4 Å². The second-order valence-electron chi connectivity index (χ2n) is 8.54. The second-order valence-corrected chi connectivity index (χ2v) is 8.54. The molecule has 1 saturated heterocycles. The number of aromatic nitrogens is 2. The highest BCUT2D eigenvalue weighted by molar-refractivity contribution is 6.09. The lowest BCUT2D eigenvalue weighted by Crippen LogP contribution is -2.49. The van der Waals surface area contributed by atoms with E-state index in [1.54, 1.807) is 4.57 Å². The largest absolute Gasteiger partial charge is 0.353 e. The van der Waals surface area contributed by atoms with Crippen LogP contribution in [0.4, 0.5) is 5.82 Å². The molecule has 6 heteroatoms. The van der Waals surface area contributed by atoms with Crippen molar-refractivity contribution in [3.8, 4) is 11.4 Å². The molecular formula is C25H24N4O2. The standard InChI is InChI=1S/C25H24N4O2/c30-24(17-7-2-1-3-8-17)28-15-13-27(14-16-28)23-19-10-5-4-9-18(19)21-22(26-23)20-11-6-12-29(20)25(21)31/h1-3,6-8,11-12H,4-5,9-10,13-16H2. The Labute approximate surface area is 181 Å². The lowest BCUT2D eigenvalue weighted by Gasteiger charge is -2.37. The summed E-state index contributed by atoms with van der Waals surface area (Å²) in [6.45, 7) is 2.87. The third-order valence-corrected chi connectivity index (χ3v) is 6.81. The molecule has 0 saturated carbocycles. The zero-order valence-electron chi connectivity index (χ0n) is 17.4. The maximum Gasteiger partial charge on any atom is 0.264 e. The molecule has 3 aliphatic rings. The molecule has 3 aromatic rings. The van der Waals surface area contributed by atoms with Crippen LogP contribution in [0.5, 0.6) is 0 Å². The third kappa shape index (κ3) is 2.81. The molecule has 1 fully saturated rings. The molecule has 6 nitrogen and oxygen atoms in total.